The molecule has 2 N–H and O–H groups in total. The number of nitrogens with zero attached hydrogens (tertiary/aromatic N) is 4. The number of carbonyl (C=O) groups excluding carboxylic acids is 2. The van der Waals surface area contributed by atoms with E-state index in [1.807, 2.05) is 67.8 Å². The van der Waals surface area contributed by atoms with Crippen LogP contribution in [0.5, 0.6) is 0 Å². The van der Waals surface area contributed by atoms with Gasteiger partial charge >= 0.3 is 0 Å². The third-order valence-electron chi connectivity index (χ3n) is 5.66. The first-order chi connectivity index (χ1) is 14.4. The lowest BCUT2D eigenvalue weighted by molar-refractivity contribution is -0.123. The molecule has 2 amide bonds. The Hall–Kier alpha value is -3.48. The molecule has 0 unspecified atom stereocenters. The van der Waals surface area contributed by atoms with Gasteiger partial charge in [-0.3, -0.25) is 9.59 Å². The molecule has 4 rings (SSSR count). The van der Waals surface area contributed by atoms with E-state index in [0.717, 1.165) is 21.9 Å². The highest BCUT2D eigenvalue weighted by Gasteiger charge is 2.26. The summed E-state index contributed by atoms with van der Waals surface area (Å²) >= 11 is 0. The highest BCUT2D eigenvalue weighted by molar-refractivity contribution is 6.02. The molecule has 1 aromatic heterocycles. The van der Waals surface area contributed by atoms with Crippen LogP contribution in [0.15, 0.2) is 48.8 Å². The van der Waals surface area contributed by atoms with E-state index in [4.69, 9.17) is 5.73 Å². The van der Waals surface area contributed by atoms with Crippen molar-refractivity contribution < 1.29 is 9.59 Å². The van der Waals surface area contributed by atoms with Crippen LogP contribution in [0, 0.1) is 5.92 Å². The fourth-order valence-corrected chi connectivity index (χ4v) is 3.91. The number of rotatable bonds is 4. The zero-order chi connectivity index (χ0) is 21.3. The number of nitrogens with two attached hydrogens (primary N) is 1. The number of hydrogen-bond acceptors (Lipinski definition) is 5. The van der Waals surface area contributed by atoms with Crippen LogP contribution in [0.1, 0.15) is 23.2 Å². The molecule has 1 saturated heterocycles. The number of hydrogen-bond donors (Lipinski definition) is 1. The van der Waals surface area contributed by atoms with Gasteiger partial charge in [0, 0.05) is 56.6 Å². The topological polar surface area (TPSA) is 92.4 Å². The van der Waals surface area contributed by atoms with Gasteiger partial charge in [0.15, 0.2) is 0 Å². The van der Waals surface area contributed by atoms with E-state index in [-0.39, 0.29) is 17.7 Å². The van der Waals surface area contributed by atoms with Crippen molar-refractivity contribution in [3.8, 4) is 11.1 Å². The Balaban J connectivity index is 1.60. The molecule has 0 bridgehead atoms. The summed E-state index contributed by atoms with van der Waals surface area (Å²) in [6.45, 7) is 1.11. The molecule has 154 valence electrons. The second-order valence-electron chi connectivity index (χ2n) is 7.88. The van der Waals surface area contributed by atoms with Crippen LogP contribution in [-0.4, -0.2) is 53.9 Å². The Morgan fingerprint density at radius 2 is 1.77 bits per heavy atom. The highest BCUT2D eigenvalue weighted by Crippen LogP contribution is 2.29. The van der Waals surface area contributed by atoms with Gasteiger partial charge in [0.1, 0.15) is 0 Å². The van der Waals surface area contributed by atoms with Crippen molar-refractivity contribution in [2.45, 2.75) is 12.8 Å². The molecule has 2 heterocycles. The number of amides is 2. The number of carbonyl (C=O) groups is 2. The quantitative estimate of drug-likeness (QED) is 0.723. The summed E-state index contributed by atoms with van der Waals surface area (Å²) in [5.41, 5.74) is 8.00. The summed E-state index contributed by atoms with van der Waals surface area (Å²) in [5.74, 6) is 0.244. The van der Waals surface area contributed by atoms with Crippen molar-refractivity contribution in [3.05, 3.63) is 54.4 Å². The smallest absolute Gasteiger partial charge is 0.253 e. The maximum absolute atomic E-state index is 13.0. The molecule has 0 atom stereocenters. The number of aromatic nitrogens is 2. The van der Waals surface area contributed by atoms with Crippen LogP contribution in [0.2, 0.25) is 0 Å². The molecule has 3 aromatic rings. The Morgan fingerprint density at radius 3 is 2.40 bits per heavy atom. The first-order valence-electron chi connectivity index (χ1n) is 10.0. The molecule has 1 fully saturated rings. The minimum Gasteiger partial charge on any atom is -0.369 e. The third kappa shape index (κ3) is 3.83. The van der Waals surface area contributed by atoms with Gasteiger partial charge in [0.25, 0.3) is 5.91 Å². The summed E-state index contributed by atoms with van der Waals surface area (Å²) in [6, 6.07) is 11.8. The summed E-state index contributed by atoms with van der Waals surface area (Å²) in [5, 5.41) is 2.03. The van der Waals surface area contributed by atoms with E-state index in [1.165, 1.54) is 0 Å². The molecule has 0 saturated carbocycles. The van der Waals surface area contributed by atoms with Gasteiger partial charge in [-0.1, -0.05) is 24.3 Å². The molecule has 1 aliphatic rings. The van der Waals surface area contributed by atoms with E-state index in [9.17, 15) is 9.59 Å². The summed E-state index contributed by atoms with van der Waals surface area (Å²) in [6.07, 6.45) is 4.89. The average Bonchev–Trinajstić information content (AvgIpc) is 2.78. The predicted octanol–water partition coefficient (Wildman–Crippen LogP) is 2.70. The molecular weight excluding hydrogens is 378 g/mol. The van der Waals surface area contributed by atoms with Crippen molar-refractivity contribution in [1.29, 1.82) is 0 Å². The number of benzene rings is 2. The molecule has 7 nitrogen and oxygen atoms in total. The van der Waals surface area contributed by atoms with Gasteiger partial charge in [-0.25, -0.2) is 9.97 Å². The van der Waals surface area contributed by atoms with Crippen molar-refractivity contribution in [1.82, 2.24) is 14.9 Å². The van der Waals surface area contributed by atoms with Gasteiger partial charge in [-0.2, -0.15) is 0 Å². The van der Waals surface area contributed by atoms with E-state index in [0.29, 0.717) is 37.4 Å². The van der Waals surface area contributed by atoms with Crippen molar-refractivity contribution in [2.75, 3.05) is 32.1 Å². The summed E-state index contributed by atoms with van der Waals surface area (Å²) < 4.78 is 0. The second kappa shape index (κ2) is 8.10. The minimum atomic E-state index is -0.275. The lowest BCUT2D eigenvalue weighted by Crippen LogP contribution is -2.41. The second-order valence-corrected chi connectivity index (χ2v) is 7.88. The van der Waals surface area contributed by atoms with Crippen LogP contribution in [0.4, 0.5) is 5.95 Å². The number of primary amides is 1. The Labute approximate surface area is 175 Å². The number of piperidine rings is 1. The van der Waals surface area contributed by atoms with Gasteiger partial charge in [0.2, 0.25) is 11.9 Å². The Kier molecular flexibility index (Phi) is 5.35. The van der Waals surface area contributed by atoms with E-state index in [2.05, 4.69) is 9.97 Å². The van der Waals surface area contributed by atoms with Crippen LogP contribution in [0.25, 0.3) is 21.9 Å². The van der Waals surface area contributed by atoms with Gasteiger partial charge in [-0.05, 0) is 41.3 Å². The summed E-state index contributed by atoms with van der Waals surface area (Å²) in [7, 11) is 3.81. The van der Waals surface area contributed by atoms with Crippen LogP contribution < -0.4 is 10.6 Å². The zero-order valence-corrected chi connectivity index (χ0v) is 17.2. The van der Waals surface area contributed by atoms with E-state index in [1.54, 1.807) is 4.90 Å². The normalized spacial score (nSPS) is 14.7. The standard InChI is InChI=1S/C23H25N5O2/c1-27(2)23-25-13-18(14-26-23)19-5-3-4-16-12-17(6-7-20(16)19)22(30)28-10-8-15(9-11-28)21(24)29/h3-7,12-15H,8-11H2,1-2H3,(H2,24,29). The number of fused-ring (bicyclic) bond motifs is 1. The minimum absolute atomic E-state index is 0.0103. The predicted molar refractivity (Wildman–Crippen MR) is 117 cm³/mol. The summed E-state index contributed by atoms with van der Waals surface area (Å²) in [4.78, 5) is 36.8. The lowest BCUT2D eigenvalue weighted by atomic mass is 9.95. The fourth-order valence-electron chi connectivity index (χ4n) is 3.91. The molecular formula is C23H25N5O2. The highest BCUT2D eigenvalue weighted by atomic mass is 16.2. The van der Waals surface area contributed by atoms with Crippen LogP contribution in [-0.2, 0) is 4.79 Å². The maximum Gasteiger partial charge on any atom is 0.253 e. The van der Waals surface area contributed by atoms with Crippen LogP contribution >= 0.6 is 0 Å². The molecule has 0 radical (unpaired) electrons. The SMILES string of the molecule is CN(C)c1ncc(-c2cccc3cc(C(=O)N4CCC(C(N)=O)CC4)ccc23)cn1. The molecule has 1 aliphatic heterocycles. The van der Waals surface area contributed by atoms with Crippen molar-refractivity contribution >= 4 is 28.5 Å². The molecule has 0 aliphatic carbocycles. The largest absolute Gasteiger partial charge is 0.369 e. The number of likely N-dealkylation sites (tertiary alicyclic amines) is 1. The Morgan fingerprint density at radius 1 is 1.07 bits per heavy atom. The molecule has 7 heteroatoms. The maximum atomic E-state index is 13.0. The van der Waals surface area contributed by atoms with Crippen molar-refractivity contribution in [3.63, 3.8) is 0 Å². The third-order valence-corrected chi connectivity index (χ3v) is 5.66. The van der Waals surface area contributed by atoms with Crippen molar-refractivity contribution in [2.24, 2.45) is 11.7 Å². The van der Waals surface area contributed by atoms with Gasteiger partial charge in [0.05, 0.1) is 0 Å². The van der Waals surface area contributed by atoms with Crippen LogP contribution in [0.3, 0.4) is 0 Å². The Bertz CT molecular complexity index is 1090. The molecule has 30 heavy (non-hydrogen) atoms. The van der Waals surface area contributed by atoms with E-state index < -0.39 is 0 Å². The molecule has 2 aromatic carbocycles. The fraction of sp³-hybridized carbons (Fsp3) is 0.304. The molecule has 0 spiro atoms. The van der Waals surface area contributed by atoms with Gasteiger partial charge in [-0.15, -0.1) is 0 Å². The van der Waals surface area contributed by atoms with E-state index >= 15 is 0 Å². The van der Waals surface area contributed by atoms with Gasteiger partial charge < -0.3 is 15.5 Å². The monoisotopic (exact) mass is 403 g/mol. The number of anilines is 1. The average molecular weight is 403 g/mol. The lowest BCUT2D eigenvalue weighted by Gasteiger charge is -2.30. The zero-order valence-electron chi connectivity index (χ0n) is 17.2. The first-order valence-corrected chi connectivity index (χ1v) is 10.0. The first kappa shape index (κ1) is 19.8.